The number of carbonyl (C=O) groups is 1. The van der Waals surface area contributed by atoms with Crippen LogP contribution < -0.4 is 10.1 Å². The molecule has 1 aliphatic heterocycles. The van der Waals surface area contributed by atoms with E-state index in [9.17, 15) is 9.90 Å². The Bertz CT molecular complexity index is 447. The van der Waals surface area contributed by atoms with Gasteiger partial charge in [-0.15, -0.1) is 0 Å². The summed E-state index contributed by atoms with van der Waals surface area (Å²) in [5.74, 6) is 0.880. The van der Waals surface area contributed by atoms with Crippen LogP contribution in [0.1, 0.15) is 12.0 Å². The number of rotatable bonds is 5. The van der Waals surface area contributed by atoms with Crippen LogP contribution in [0.25, 0.3) is 0 Å². The molecule has 5 heteroatoms. The van der Waals surface area contributed by atoms with E-state index < -0.39 is 6.10 Å². The van der Waals surface area contributed by atoms with Gasteiger partial charge >= 0.3 is 0 Å². The van der Waals surface area contributed by atoms with Crippen molar-refractivity contribution in [2.75, 3.05) is 27.2 Å². The summed E-state index contributed by atoms with van der Waals surface area (Å²) in [4.78, 5) is 13.8. The molecule has 1 fully saturated rings. The summed E-state index contributed by atoms with van der Waals surface area (Å²) in [5, 5.41) is 12.9. The van der Waals surface area contributed by atoms with Crippen LogP contribution in [-0.2, 0) is 11.2 Å². The third-order valence-electron chi connectivity index (χ3n) is 3.83. The molecule has 1 aromatic rings. The van der Waals surface area contributed by atoms with Gasteiger partial charge in [0, 0.05) is 26.6 Å². The van der Waals surface area contributed by atoms with Crippen LogP contribution in [-0.4, -0.2) is 55.3 Å². The van der Waals surface area contributed by atoms with Crippen LogP contribution in [0.5, 0.6) is 5.75 Å². The second-order valence-electron chi connectivity index (χ2n) is 5.15. The van der Waals surface area contributed by atoms with Crippen molar-refractivity contribution in [2.45, 2.75) is 25.0 Å². The molecule has 2 atom stereocenters. The van der Waals surface area contributed by atoms with Gasteiger partial charge in [-0.3, -0.25) is 4.79 Å². The first kappa shape index (κ1) is 14.8. The summed E-state index contributed by atoms with van der Waals surface area (Å²) in [7, 11) is 3.39. The van der Waals surface area contributed by atoms with Gasteiger partial charge in [0.05, 0.1) is 19.3 Å². The van der Waals surface area contributed by atoms with Crippen LogP contribution in [0, 0.1) is 0 Å². The molecule has 5 nitrogen and oxygen atoms in total. The topological polar surface area (TPSA) is 61.8 Å². The molecule has 1 amide bonds. The molecule has 2 N–H and O–H groups in total. The Kier molecular flexibility index (Phi) is 4.98. The zero-order valence-electron chi connectivity index (χ0n) is 12.0. The molecule has 1 heterocycles. The van der Waals surface area contributed by atoms with E-state index in [4.69, 9.17) is 4.74 Å². The van der Waals surface area contributed by atoms with Gasteiger partial charge in [-0.1, -0.05) is 12.1 Å². The van der Waals surface area contributed by atoms with Crippen LogP contribution >= 0.6 is 0 Å². The normalized spacial score (nSPS) is 21.8. The molecule has 0 aromatic heterocycles. The van der Waals surface area contributed by atoms with E-state index in [1.54, 1.807) is 19.1 Å². The highest BCUT2D eigenvalue weighted by molar-refractivity contribution is 5.76. The van der Waals surface area contributed by atoms with Crippen molar-refractivity contribution >= 4 is 5.91 Å². The van der Waals surface area contributed by atoms with E-state index in [2.05, 4.69) is 5.32 Å². The van der Waals surface area contributed by atoms with Crippen molar-refractivity contribution in [3.8, 4) is 5.75 Å². The number of benzene rings is 1. The Morgan fingerprint density at radius 1 is 1.40 bits per heavy atom. The van der Waals surface area contributed by atoms with E-state index >= 15 is 0 Å². The molecule has 1 aromatic carbocycles. The smallest absolute Gasteiger partial charge is 0.223 e. The lowest BCUT2D eigenvalue weighted by Gasteiger charge is -2.26. The molecule has 110 valence electrons. The van der Waals surface area contributed by atoms with Gasteiger partial charge in [0.25, 0.3) is 0 Å². The highest BCUT2D eigenvalue weighted by Crippen LogP contribution is 2.14. The number of aliphatic hydroxyl groups excluding tert-OH is 1. The average molecular weight is 278 g/mol. The van der Waals surface area contributed by atoms with Gasteiger partial charge in [0.2, 0.25) is 5.91 Å². The fourth-order valence-corrected chi connectivity index (χ4v) is 2.45. The number of aryl methyl sites for hydroxylation is 1. The lowest BCUT2D eigenvalue weighted by Crippen LogP contribution is -2.44. The summed E-state index contributed by atoms with van der Waals surface area (Å²) >= 11 is 0. The van der Waals surface area contributed by atoms with E-state index in [-0.39, 0.29) is 11.9 Å². The first-order valence-corrected chi connectivity index (χ1v) is 6.89. The third kappa shape index (κ3) is 3.49. The maximum Gasteiger partial charge on any atom is 0.223 e. The quantitative estimate of drug-likeness (QED) is 0.819. The van der Waals surface area contributed by atoms with Gasteiger partial charge < -0.3 is 20.1 Å². The van der Waals surface area contributed by atoms with Crippen molar-refractivity contribution in [1.29, 1.82) is 0 Å². The number of nitrogens with one attached hydrogen (secondary N) is 1. The Labute approximate surface area is 119 Å². The second-order valence-corrected chi connectivity index (χ2v) is 5.15. The SMILES string of the molecule is COc1ccc(CCC(=O)N(C)[C@H]2CNC[C@@H]2O)cc1. The predicted molar refractivity (Wildman–Crippen MR) is 76.7 cm³/mol. The fourth-order valence-electron chi connectivity index (χ4n) is 2.45. The average Bonchev–Trinajstić information content (AvgIpc) is 2.90. The molecule has 0 saturated carbocycles. The standard InChI is InChI=1S/C15H22N2O3/c1-17(13-9-16-10-14(13)18)15(19)8-5-11-3-6-12(20-2)7-4-11/h3-4,6-7,13-14,16,18H,5,8-10H2,1-2H3/t13-,14-/m0/s1. The van der Waals surface area contributed by atoms with Crippen molar-refractivity contribution in [3.63, 3.8) is 0 Å². The molecule has 0 bridgehead atoms. The Morgan fingerprint density at radius 3 is 2.65 bits per heavy atom. The van der Waals surface area contributed by atoms with E-state index in [1.807, 2.05) is 24.3 Å². The van der Waals surface area contributed by atoms with Crippen molar-refractivity contribution in [2.24, 2.45) is 0 Å². The second kappa shape index (κ2) is 6.72. The number of nitrogens with zero attached hydrogens (tertiary/aromatic N) is 1. The molecule has 0 radical (unpaired) electrons. The molecule has 2 rings (SSSR count). The van der Waals surface area contributed by atoms with Crippen molar-refractivity contribution < 1.29 is 14.6 Å². The maximum atomic E-state index is 12.1. The Hall–Kier alpha value is -1.59. The van der Waals surface area contributed by atoms with Crippen LogP contribution in [0.3, 0.4) is 0 Å². The number of aliphatic hydroxyl groups is 1. The minimum Gasteiger partial charge on any atom is -0.497 e. The lowest BCUT2D eigenvalue weighted by atomic mass is 10.1. The zero-order valence-corrected chi connectivity index (χ0v) is 12.0. The van der Waals surface area contributed by atoms with Gasteiger partial charge in [-0.05, 0) is 24.1 Å². The first-order valence-electron chi connectivity index (χ1n) is 6.89. The molecule has 0 spiro atoms. The number of β-amino-alcohol motifs (C(OH)–C–C–N with tert-alkyl or cyclic N) is 1. The summed E-state index contributed by atoms with van der Waals surface area (Å²) in [5.41, 5.74) is 1.11. The van der Waals surface area contributed by atoms with Crippen LogP contribution in [0.4, 0.5) is 0 Å². The monoisotopic (exact) mass is 278 g/mol. The summed E-state index contributed by atoms with van der Waals surface area (Å²) in [6.07, 6.45) is 0.681. The molecular weight excluding hydrogens is 256 g/mol. The maximum absolute atomic E-state index is 12.1. The summed E-state index contributed by atoms with van der Waals surface area (Å²) in [6, 6.07) is 7.62. The van der Waals surface area contributed by atoms with Gasteiger partial charge in [-0.2, -0.15) is 0 Å². The van der Waals surface area contributed by atoms with Crippen LogP contribution in [0.2, 0.25) is 0 Å². The minimum atomic E-state index is -0.468. The highest BCUT2D eigenvalue weighted by atomic mass is 16.5. The number of hydrogen-bond donors (Lipinski definition) is 2. The Morgan fingerprint density at radius 2 is 2.10 bits per heavy atom. The molecule has 20 heavy (non-hydrogen) atoms. The predicted octanol–water partition coefficient (Wildman–Crippen LogP) is 0.419. The highest BCUT2D eigenvalue weighted by Gasteiger charge is 2.30. The molecule has 1 saturated heterocycles. The number of hydrogen-bond acceptors (Lipinski definition) is 4. The number of likely N-dealkylation sites (N-methyl/N-ethyl adjacent to an activating group) is 1. The fraction of sp³-hybridized carbons (Fsp3) is 0.533. The molecule has 0 unspecified atom stereocenters. The van der Waals surface area contributed by atoms with Gasteiger partial charge in [0.1, 0.15) is 5.75 Å². The molecule has 1 aliphatic rings. The van der Waals surface area contributed by atoms with Crippen molar-refractivity contribution in [3.05, 3.63) is 29.8 Å². The van der Waals surface area contributed by atoms with E-state index in [1.165, 1.54) is 0 Å². The largest absolute Gasteiger partial charge is 0.497 e. The van der Waals surface area contributed by atoms with E-state index in [0.717, 1.165) is 11.3 Å². The van der Waals surface area contributed by atoms with Crippen molar-refractivity contribution in [1.82, 2.24) is 10.2 Å². The summed E-state index contributed by atoms with van der Waals surface area (Å²) in [6.45, 7) is 1.21. The summed E-state index contributed by atoms with van der Waals surface area (Å²) < 4.78 is 5.10. The van der Waals surface area contributed by atoms with Gasteiger partial charge in [0.15, 0.2) is 0 Å². The van der Waals surface area contributed by atoms with Gasteiger partial charge in [-0.25, -0.2) is 0 Å². The minimum absolute atomic E-state index is 0.0635. The number of ether oxygens (including phenoxy) is 1. The van der Waals surface area contributed by atoms with E-state index in [0.29, 0.717) is 25.9 Å². The van der Waals surface area contributed by atoms with Crippen LogP contribution in [0.15, 0.2) is 24.3 Å². The first-order chi connectivity index (χ1) is 9.61. The number of amides is 1. The number of carbonyl (C=O) groups excluding carboxylic acids is 1. The number of methoxy groups -OCH3 is 1. The molecular formula is C15H22N2O3. The zero-order chi connectivity index (χ0) is 14.5. The lowest BCUT2D eigenvalue weighted by molar-refractivity contribution is -0.133. The molecule has 0 aliphatic carbocycles. The Balaban J connectivity index is 1.84. The third-order valence-corrected chi connectivity index (χ3v) is 3.83.